The normalized spacial score (nSPS) is 46.5. The molecule has 0 bridgehead atoms. The lowest BCUT2D eigenvalue weighted by molar-refractivity contribution is -0.166. The van der Waals surface area contributed by atoms with Crippen LogP contribution in [0.2, 0.25) is 0 Å². The minimum atomic E-state index is -1.13. The molecular weight excluding hydrogens is 395 g/mol. The van der Waals surface area contributed by atoms with Crippen molar-refractivity contribution in [3.8, 4) is 5.75 Å². The Morgan fingerprint density at radius 3 is 2.74 bits per heavy atom. The SMILES string of the molecule is C[C@@]1(O)CC[C@@]2(F)[C@H](CC[C@H]3C4CC[C@H](C(=O)COc5ccnnc5)[C@@]4(C)CC[C@@H]32)C1. The number of Topliss-reactive ketones (excluding diaryl/α,β-unsaturated/α-hetero) is 1. The molecule has 6 heteroatoms. The first kappa shape index (κ1) is 21.3. The number of carbonyl (C=O) groups excluding carboxylic acids is 1. The lowest BCUT2D eigenvalue weighted by Gasteiger charge is -2.59. The molecule has 4 fully saturated rings. The summed E-state index contributed by atoms with van der Waals surface area (Å²) in [5.74, 6) is 1.59. The molecule has 1 aromatic heterocycles. The summed E-state index contributed by atoms with van der Waals surface area (Å²) in [5.41, 5.74) is -1.90. The zero-order valence-electron chi connectivity index (χ0n) is 18.7. The first-order valence-corrected chi connectivity index (χ1v) is 12.1. The van der Waals surface area contributed by atoms with Crippen molar-refractivity contribution in [2.24, 2.45) is 35.0 Å². The van der Waals surface area contributed by atoms with E-state index in [1.165, 1.54) is 6.20 Å². The molecule has 1 unspecified atom stereocenters. The summed E-state index contributed by atoms with van der Waals surface area (Å²) in [4.78, 5) is 13.1. The smallest absolute Gasteiger partial charge is 0.173 e. The van der Waals surface area contributed by atoms with Crippen LogP contribution in [0.5, 0.6) is 5.75 Å². The van der Waals surface area contributed by atoms with Crippen molar-refractivity contribution in [2.75, 3.05) is 6.61 Å². The van der Waals surface area contributed by atoms with Gasteiger partial charge >= 0.3 is 0 Å². The van der Waals surface area contributed by atoms with Crippen molar-refractivity contribution in [1.29, 1.82) is 0 Å². The van der Waals surface area contributed by atoms with E-state index < -0.39 is 11.3 Å². The van der Waals surface area contributed by atoms with Crippen LogP contribution < -0.4 is 4.74 Å². The Balaban J connectivity index is 1.30. The summed E-state index contributed by atoms with van der Waals surface area (Å²) >= 11 is 0. The maximum atomic E-state index is 16.4. The number of ether oxygens (including phenoxy) is 1. The minimum Gasteiger partial charge on any atom is -0.484 e. The third kappa shape index (κ3) is 3.49. The fourth-order valence-corrected chi connectivity index (χ4v) is 8.13. The third-order valence-electron chi connectivity index (χ3n) is 9.64. The number of nitrogens with zero attached hydrogens (tertiary/aromatic N) is 2. The standard InChI is InChI=1S/C25H35FN2O3/c1-23(30)10-11-25(26)16(13-23)3-4-18-19-5-6-21(24(19,2)9-7-20(18)25)22(29)15-31-17-8-12-27-28-14-17/h8,12,14,16,18-21,30H,3-7,9-11,13,15H2,1-2H3/t16-,18+,19?,20+,21-,23-,24+,25-/m1/s1. The minimum absolute atomic E-state index is 0.00591. The predicted octanol–water partition coefficient (Wildman–Crippen LogP) is 4.54. The fraction of sp³-hybridized carbons (Fsp3) is 0.800. The van der Waals surface area contributed by atoms with E-state index in [0.717, 1.165) is 38.5 Å². The quantitative estimate of drug-likeness (QED) is 0.759. The van der Waals surface area contributed by atoms with Crippen molar-refractivity contribution < 1.29 is 19.0 Å². The van der Waals surface area contributed by atoms with Gasteiger partial charge in [0.2, 0.25) is 0 Å². The number of rotatable bonds is 4. The lowest BCUT2D eigenvalue weighted by atomic mass is 9.48. The van der Waals surface area contributed by atoms with Gasteiger partial charge in [-0.1, -0.05) is 6.92 Å². The van der Waals surface area contributed by atoms with Crippen LogP contribution in [0.15, 0.2) is 18.5 Å². The molecule has 1 N–H and O–H groups in total. The number of halogens is 1. The van der Waals surface area contributed by atoms with E-state index in [0.29, 0.717) is 36.8 Å². The van der Waals surface area contributed by atoms with Crippen LogP contribution in [0.3, 0.4) is 0 Å². The van der Waals surface area contributed by atoms with Crippen LogP contribution in [0.4, 0.5) is 4.39 Å². The topological polar surface area (TPSA) is 72.3 Å². The number of aromatic nitrogens is 2. The van der Waals surface area contributed by atoms with Crippen molar-refractivity contribution in [2.45, 2.75) is 82.9 Å². The molecule has 0 radical (unpaired) electrons. The molecule has 0 amide bonds. The second-order valence-electron chi connectivity index (χ2n) is 11.3. The van der Waals surface area contributed by atoms with E-state index in [4.69, 9.17) is 4.74 Å². The Bertz CT molecular complexity index is 833. The first-order chi connectivity index (χ1) is 14.7. The van der Waals surface area contributed by atoms with E-state index in [-0.39, 0.29) is 35.6 Å². The lowest BCUT2D eigenvalue weighted by Crippen LogP contribution is -2.58. The van der Waals surface area contributed by atoms with Crippen LogP contribution in [-0.4, -0.2) is 39.0 Å². The summed E-state index contributed by atoms with van der Waals surface area (Å²) in [5, 5.41) is 18.1. The monoisotopic (exact) mass is 430 g/mol. The van der Waals surface area contributed by atoms with E-state index in [1.807, 2.05) is 6.92 Å². The summed E-state index contributed by atoms with van der Waals surface area (Å²) in [6, 6.07) is 1.71. The van der Waals surface area contributed by atoms with Crippen molar-refractivity contribution in [3.63, 3.8) is 0 Å². The third-order valence-corrected chi connectivity index (χ3v) is 9.64. The van der Waals surface area contributed by atoms with Gasteiger partial charge in [-0.25, -0.2) is 4.39 Å². The Hall–Kier alpha value is -1.56. The average Bonchev–Trinajstić information content (AvgIpc) is 3.10. The van der Waals surface area contributed by atoms with Gasteiger partial charge in [0, 0.05) is 12.0 Å². The van der Waals surface area contributed by atoms with Crippen LogP contribution in [0.1, 0.15) is 71.6 Å². The highest BCUT2D eigenvalue weighted by Crippen LogP contribution is 2.66. The van der Waals surface area contributed by atoms with Gasteiger partial charge < -0.3 is 9.84 Å². The molecule has 5 nitrogen and oxygen atoms in total. The molecule has 4 saturated carbocycles. The summed E-state index contributed by atoms with van der Waals surface area (Å²) in [7, 11) is 0. The number of hydrogen-bond acceptors (Lipinski definition) is 5. The number of hydrogen-bond donors (Lipinski definition) is 1. The Labute approximate surface area is 184 Å². The van der Waals surface area contributed by atoms with Crippen LogP contribution in [0.25, 0.3) is 0 Å². The van der Waals surface area contributed by atoms with Gasteiger partial charge in [0.1, 0.15) is 18.0 Å². The molecule has 0 saturated heterocycles. The average molecular weight is 431 g/mol. The number of carbonyl (C=O) groups is 1. The van der Waals surface area contributed by atoms with Gasteiger partial charge in [-0.3, -0.25) is 4.79 Å². The Kier molecular flexibility index (Phi) is 5.15. The number of ketones is 1. The molecule has 4 aliphatic rings. The van der Waals surface area contributed by atoms with E-state index >= 15 is 4.39 Å². The molecule has 1 aromatic rings. The van der Waals surface area contributed by atoms with Crippen molar-refractivity contribution >= 4 is 5.78 Å². The maximum Gasteiger partial charge on any atom is 0.173 e. The van der Waals surface area contributed by atoms with Crippen LogP contribution >= 0.6 is 0 Å². The van der Waals surface area contributed by atoms with Crippen LogP contribution in [-0.2, 0) is 4.79 Å². The molecule has 0 spiro atoms. The van der Waals surface area contributed by atoms with Gasteiger partial charge in [0.05, 0.1) is 18.0 Å². The molecule has 8 atom stereocenters. The molecule has 0 aliphatic heterocycles. The summed E-state index contributed by atoms with van der Waals surface area (Å²) in [6.07, 6.45) is 10.3. The molecule has 0 aromatic carbocycles. The van der Waals surface area contributed by atoms with Crippen LogP contribution in [0, 0.1) is 35.0 Å². The Morgan fingerprint density at radius 2 is 1.97 bits per heavy atom. The number of alkyl halides is 1. The van der Waals surface area contributed by atoms with Crippen molar-refractivity contribution in [3.05, 3.63) is 18.5 Å². The van der Waals surface area contributed by atoms with E-state index in [1.54, 1.807) is 12.3 Å². The zero-order valence-corrected chi connectivity index (χ0v) is 18.7. The fourth-order valence-electron chi connectivity index (χ4n) is 8.13. The molecule has 31 heavy (non-hydrogen) atoms. The molecule has 5 rings (SSSR count). The number of fused-ring (bicyclic) bond motifs is 5. The van der Waals surface area contributed by atoms with Gasteiger partial charge in [0.15, 0.2) is 5.78 Å². The highest BCUT2D eigenvalue weighted by atomic mass is 19.1. The van der Waals surface area contributed by atoms with Gasteiger partial charge in [-0.2, -0.15) is 10.2 Å². The second-order valence-corrected chi connectivity index (χ2v) is 11.3. The second kappa shape index (κ2) is 7.50. The van der Waals surface area contributed by atoms with Gasteiger partial charge in [-0.05, 0) is 93.8 Å². The predicted molar refractivity (Wildman–Crippen MR) is 114 cm³/mol. The molecule has 4 aliphatic carbocycles. The first-order valence-electron chi connectivity index (χ1n) is 12.1. The Morgan fingerprint density at radius 1 is 1.13 bits per heavy atom. The zero-order chi connectivity index (χ0) is 21.9. The maximum absolute atomic E-state index is 16.4. The van der Waals surface area contributed by atoms with Gasteiger partial charge in [-0.15, -0.1) is 0 Å². The molecular formula is C25H35FN2O3. The van der Waals surface area contributed by atoms with Gasteiger partial charge in [0.25, 0.3) is 0 Å². The van der Waals surface area contributed by atoms with E-state index in [2.05, 4.69) is 17.1 Å². The van der Waals surface area contributed by atoms with Crippen molar-refractivity contribution in [1.82, 2.24) is 10.2 Å². The van der Waals surface area contributed by atoms with E-state index in [9.17, 15) is 9.90 Å². The number of aliphatic hydroxyl groups is 1. The molecule has 1 heterocycles. The highest BCUT2D eigenvalue weighted by molar-refractivity contribution is 5.83. The highest BCUT2D eigenvalue weighted by Gasteiger charge is 2.63. The summed E-state index contributed by atoms with van der Waals surface area (Å²) in [6.45, 7) is 4.21. The largest absolute Gasteiger partial charge is 0.484 e. The summed E-state index contributed by atoms with van der Waals surface area (Å²) < 4.78 is 22.1. The molecule has 170 valence electrons.